The Morgan fingerprint density at radius 1 is 1.43 bits per heavy atom. The summed E-state index contributed by atoms with van der Waals surface area (Å²) in [6.45, 7) is 2.28. The van der Waals surface area contributed by atoms with Gasteiger partial charge in [-0.1, -0.05) is 30.3 Å². The average molecular weight is 191 g/mol. The number of hydrogen-bond donors (Lipinski definition) is 1. The summed E-state index contributed by atoms with van der Waals surface area (Å²) in [5.74, 6) is 0.0119. The molecule has 0 spiro atoms. The lowest BCUT2D eigenvalue weighted by atomic mass is 10.1. The molecule has 0 aliphatic carbocycles. The summed E-state index contributed by atoms with van der Waals surface area (Å²) in [7, 11) is 0. The van der Waals surface area contributed by atoms with E-state index in [1.807, 2.05) is 13.0 Å². The molecule has 0 unspecified atom stereocenters. The maximum atomic E-state index is 11.5. The van der Waals surface area contributed by atoms with E-state index in [0.717, 1.165) is 0 Å². The van der Waals surface area contributed by atoms with Crippen molar-refractivity contribution in [2.45, 2.75) is 6.92 Å². The van der Waals surface area contributed by atoms with Crippen LogP contribution in [0.2, 0.25) is 0 Å². The van der Waals surface area contributed by atoms with E-state index in [1.165, 1.54) is 6.08 Å². The molecule has 14 heavy (non-hydrogen) atoms. The second-order valence-electron chi connectivity index (χ2n) is 2.71. The van der Waals surface area contributed by atoms with Crippen LogP contribution in [0, 0.1) is 0 Å². The Bertz CT molecular complexity index is 330. The van der Waals surface area contributed by atoms with Crippen molar-refractivity contribution in [1.82, 2.24) is 0 Å². The minimum Gasteiger partial charge on any atom is -0.480 e. The quantitative estimate of drug-likeness (QED) is 0.447. The molecule has 0 aliphatic heterocycles. The number of nitrogens with two attached hydrogens (primary N) is 1. The molecule has 0 bridgehead atoms. The van der Waals surface area contributed by atoms with Crippen LogP contribution in [-0.4, -0.2) is 12.4 Å². The molecule has 0 radical (unpaired) electrons. The topological polar surface area (TPSA) is 52.3 Å². The summed E-state index contributed by atoms with van der Waals surface area (Å²) in [4.78, 5) is 11.5. The number of carbonyl (C=O) groups excluding carboxylic acids is 1. The summed E-state index contributed by atoms with van der Waals surface area (Å²) < 4.78 is 4.95. The van der Waals surface area contributed by atoms with Gasteiger partial charge in [-0.3, -0.25) is 4.79 Å². The van der Waals surface area contributed by atoms with Crippen LogP contribution in [0.15, 0.2) is 42.3 Å². The van der Waals surface area contributed by atoms with Crippen molar-refractivity contribution in [2.75, 3.05) is 6.61 Å². The molecule has 0 aliphatic rings. The molecule has 0 amide bonds. The molecule has 0 atom stereocenters. The second-order valence-corrected chi connectivity index (χ2v) is 2.71. The van der Waals surface area contributed by atoms with Gasteiger partial charge in [0, 0.05) is 11.6 Å². The fourth-order valence-corrected chi connectivity index (χ4v) is 1.02. The molecular formula is C11H13NO2. The van der Waals surface area contributed by atoms with Crippen LogP contribution in [0.1, 0.15) is 17.3 Å². The van der Waals surface area contributed by atoms with Crippen molar-refractivity contribution < 1.29 is 9.53 Å². The third kappa shape index (κ3) is 2.94. The Morgan fingerprint density at radius 2 is 2.07 bits per heavy atom. The average Bonchev–Trinajstić information content (AvgIpc) is 2.19. The van der Waals surface area contributed by atoms with Crippen molar-refractivity contribution in [3.05, 3.63) is 47.9 Å². The van der Waals surface area contributed by atoms with Crippen LogP contribution in [0.25, 0.3) is 0 Å². The molecule has 0 heterocycles. The smallest absolute Gasteiger partial charge is 0.191 e. The predicted octanol–water partition coefficient (Wildman–Crippen LogP) is 1.71. The van der Waals surface area contributed by atoms with Gasteiger partial charge in [-0.15, -0.1) is 0 Å². The van der Waals surface area contributed by atoms with E-state index < -0.39 is 0 Å². The molecule has 0 saturated carbocycles. The first-order chi connectivity index (χ1) is 6.74. The number of ketones is 1. The van der Waals surface area contributed by atoms with Gasteiger partial charge in [-0.25, -0.2) is 0 Å². The monoisotopic (exact) mass is 191 g/mol. The molecule has 2 N–H and O–H groups in total. The summed E-state index contributed by atoms with van der Waals surface area (Å²) in [5, 5.41) is 0. The lowest BCUT2D eigenvalue weighted by Crippen LogP contribution is -2.06. The highest BCUT2D eigenvalue weighted by Crippen LogP contribution is 2.02. The second kappa shape index (κ2) is 5.07. The van der Waals surface area contributed by atoms with Gasteiger partial charge in [0.1, 0.15) is 0 Å². The van der Waals surface area contributed by atoms with Crippen molar-refractivity contribution in [3.8, 4) is 0 Å². The van der Waals surface area contributed by atoms with Crippen LogP contribution < -0.4 is 5.73 Å². The highest BCUT2D eigenvalue weighted by atomic mass is 16.5. The number of hydrogen-bond acceptors (Lipinski definition) is 3. The van der Waals surface area contributed by atoms with E-state index >= 15 is 0 Å². The number of rotatable bonds is 4. The van der Waals surface area contributed by atoms with Gasteiger partial charge in [0.2, 0.25) is 0 Å². The Hall–Kier alpha value is -1.77. The number of allylic oxidation sites excluding steroid dienone is 1. The molecule has 1 rings (SSSR count). The maximum absolute atomic E-state index is 11.5. The van der Waals surface area contributed by atoms with Gasteiger partial charge in [0.25, 0.3) is 0 Å². The van der Waals surface area contributed by atoms with Crippen LogP contribution in [-0.2, 0) is 4.74 Å². The zero-order valence-electron chi connectivity index (χ0n) is 8.07. The van der Waals surface area contributed by atoms with E-state index in [-0.39, 0.29) is 11.7 Å². The minimum atomic E-state index is -0.142. The molecule has 0 fully saturated rings. The van der Waals surface area contributed by atoms with Gasteiger partial charge in [-0.2, -0.15) is 0 Å². The first-order valence-corrected chi connectivity index (χ1v) is 4.43. The largest absolute Gasteiger partial charge is 0.480 e. The van der Waals surface area contributed by atoms with Crippen LogP contribution in [0.4, 0.5) is 0 Å². The third-order valence-corrected chi connectivity index (χ3v) is 1.64. The van der Waals surface area contributed by atoms with E-state index in [0.29, 0.717) is 12.2 Å². The fourth-order valence-electron chi connectivity index (χ4n) is 1.02. The van der Waals surface area contributed by atoms with Crippen LogP contribution in [0.3, 0.4) is 0 Å². The summed E-state index contributed by atoms with van der Waals surface area (Å²) in [6.07, 6.45) is 1.29. The van der Waals surface area contributed by atoms with Crippen LogP contribution >= 0.6 is 0 Å². The zero-order valence-corrected chi connectivity index (χ0v) is 8.07. The van der Waals surface area contributed by atoms with Crippen molar-refractivity contribution in [1.29, 1.82) is 0 Å². The number of benzene rings is 1. The van der Waals surface area contributed by atoms with E-state index in [2.05, 4.69) is 0 Å². The molecule has 0 aromatic heterocycles. The predicted molar refractivity (Wildman–Crippen MR) is 54.7 cm³/mol. The van der Waals surface area contributed by atoms with Crippen molar-refractivity contribution in [2.24, 2.45) is 5.73 Å². The molecule has 3 heteroatoms. The Balaban J connectivity index is 2.72. The zero-order chi connectivity index (χ0) is 10.4. The number of ether oxygens (including phenoxy) is 1. The first kappa shape index (κ1) is 10.3. The summed E-state index contributed by atoms with van der Waals surface area (Å²) in [5.41, 5.74) is 6.05. The Morgan fingerprint density at radius 3 is 2.64 bits per heavy atom. The summed E-state index contributed by atoms with van der Waals surface area (Å²) >= 11 is 0. The van der Waals surface area contributed by atoms with Gasteiger partial charge in [-0.05, 0) is 6.92 Å². The van der Waals surface area contributed by atoms with Gasteiger partial charge < -0.3 is 10.5 Å². The van der Waals surface area contributed by atoms with E-state index in [1.54, 1.807) is 24.3 Å². The van der Waals surface area contributed by atoms with Gasteiger partial charge >= 0.3 is 0 Å². The number of carbonyl (C=O) groups is 1. The van der Waals surface area contributed by atoms with E-state index in [9.17, 15) is 4.79 Å². The van der Waals surface area contributed by atoms with Crippen molar-refractivity contribution in [3.63, 3.8) is 0 Å². The highest BCUT2D eigenvalue weighted by molar-refractivity contribution is 6.04. The molecule has 1 aromatic rings. The van der Waals surface area contributed by atoms with Crippen molar-refractivity contribution >= 4 is 5.78 Å². The lowest BCUT2D eigenvalue weighted by molar-refractivity contribution is 0.103. The summed E-state index contributed by atoms with van der Waals surface area (Å²) in [6, 6.07) is 8.93. The molecule has 3 nitrogen and oxygen atoms in total. The maximum Gasteiger partial charge on any atom is 0.191 e. The highest BCUT2D eigenvalue weighted by Gasteiger charge is 2.02. The molecule has 1 aromatic carbocycles. The minimum absolute atomic E-state index is 0.142. The SMILES string of the molecule is CCO/C(N)=C/C(=O)c1ccccc1. The van der Waals surface area contributed by atoms with Gasteiger partial charge in [0.05, 0.1) is 6.61 Å². The molecule has 0 saturated heterocycles. The Kier molecular flexibility index (Phi) is 3.73. The van der Waals surface area contributed by atoms with E-state index in [4.69, 9.17) is 10.5 Å². The fraction of sp³-hybridized carbons (Fsp3) is 0.182. The normalized spacial score (nSPS) is 11.1. The first-order valence-electron chi connectivity index (χ1n) is 4.43. The lowest BCUT2D eigenvalue weighted by Gasteiger charge is -2.01. The Labute approximate surface area is 83.2 Å². The molecular weight excluding hydrogens is 178 g/mol. The third-order valence-electron chi connectivity index (χ3n) is 1.64. The standard InChI is InChI=1S/C11H13NO2/c1-2-14-11(12)8-10(13)9-6-4-3-5-7-9/h3-8H,2,12H2,1H3/b11-8+. The molecule has 74 valence electrons. The van der Waals surface area contributed by atoms with Crippen LogP contribution in [0.5, 0.6) is 0 Å². The van der Waals surface area contributed by atoms with Gasteiger partial charge in [0.15, 0.2) is 11.7 Å².